The molecule has 0 spiro atoms. The van der Waals surface area contributed by atoms with Crippen LogP contribution in [0.4, 0.5) is 13.2 Å². The molecule has 1 aliphatic heterocycles. The summed E-state index contributed by atoms with van der Waals surface area (Å²) in [6, 6.07) is 14.3. The Morgan fingerprint density at radius 3 is 2.35 bits per heavy atom. The SMILES string of the molecule is O=C(Cn1c(C(F)(F)F)nc2ccccc21)NCc1ccc(CN2CCCCC2)cc1. The van der Waals surface area contributed by atoms with Crippen LogP contribution in [0.25, 0.3) is 11.0 Å². The zero-order chi connectivity index (χ0) is 21.8. The van der Waals surface area contributed by atoms with Crippen molar-refractivity contribution in [1.29, 1.82) is 0 Å². The summed E-state index contributed by atoms with van der Waals surface area (Å²) >= 11 is 0. The molecule has 5 nitrogen and oxygen atoms in total. The minimum Gasteiger partial charge on any atom is -0.350 e. The minimum atomic E-state index is -4.64. The van der Waals surface area contributed by atoms with Gasteiger partial charge in [0.05, 0.1) is 11.0 Å². The number of carbonyl (C=O) groups excluding carboxylic acids is 1. The highest BCUT2D eigenvalue weighted by atomic mass is 19.4. The molecule has 0 radical (unpaired) electrons. The molecular formula is C23H25F3N4O. The molecule has 0 atom stereocenters. The number of para-hydroxylation sites is 2. The van der Waals surface area contributed by atoms with Gasteiger partial charge in [0.2, 0.25) is 11.7 Å². The highest BCUT2D eigenvalue weighted by Gasteiger charge is 2.37. The second-order valence-electron chi connectivity index (χ2n) is 7.94. The number of hydrogen-bond acceptors (Lipinski definition) is 3. The van der Waals surface area contributed by atoms with Gasteiger partial charge in [0, 0.05) is 13.1 Å². The third-order valence-corrected chi connectivity index (χ3v) is 5.58. The molecule has 0 aliphatic carbocycles. The van der Waals surface area contributed by atoms with Gasteiger partial charge < -0.3 is 9.88 Å². The number of halogens is 3. The smallest absolute Gasteiger partial charge is 0.350 e. The fourth-order valence-corrected chi connectivity index (χ4v) is 3.99. The van der Waals surface area contributed by atoms with Crippen LogP contribution >= 0.6 is 0 Å². The van der Waals surface area contributed by atoms with E-state index in [-0.39, 0.29) is 17.6 Å². The van der Waals surface area contributed by atoms with Crippen LogP contribution in [0.1, 0.15) is 36.2 Å². The quantitative estimate of drug-likeness (QED) is 0.632. The average Bonchev–Trinajstić information content (AvgIpc) is 3.13. The van der Waals surface area contributed by atoms with Gasteiger partial charge in [-0.15, -0.1) is 0 Å². The Morgan fingerprint density at radius 2 is 1.65 bits per heavy atom. The molecule has 1 aromatic heterocycles. The van der Waals surface area contributed by atoms with Crippen LogP contribution in [-0.2, 0) is 30.6 Å². The van der Waals surface area contributed by atoms with Crippen LogP contribution in [0.2, 0.25) is 0 Å². The predicted molar refractivity (Wildman–Crippen MR) is 112 cm³/mol. The maximum absolute atomic E-state index is 13.4. The van der Waals surface area contributed by atoms with E-state index >= 15 is 0 Å². The number of nitrogens with one attached hydrogen (secondary N) is 1. The Hall–Kier alpha value is -2.87. The lowest BCUT2D eigenvalue weighted by molar-refractivity contribution is -0.147. The predicted octanol–water partition coefficient (Wildman–Crippen LogP) is 4.36. The van der Waals surface area contributed by atoms with E-state index in [9.17, 15) is 18.0 Å². The van der Waals surface area contributed by atoms with E-state index < -0.39 is 24.5 Å². The number of fused-ring (bicyclic) bond motifs is 1. The van der Waals surface area contributed by atoms with Crippen molar-refractivity contribution < 1.29 is 18.0 Å². The van der Waals surface area contributed by atoms with Crippen molar-refractivity contribution in [1.82, 2.24) is 19.8 Å². The van der Waals surface area contributed by atoms with E-state index in [1.807, 2.05) is 24.3 Å². The maximum Gasteiger partial charge on any atom is 0.449 e. The lowest BCUT2D eigenvalue weighted by atomic mass is 10.1. The number of amides is 1. The first-order chi connectivity index (χ1) is 14.9. The Labute approximate surface area is 178 Å². The zero-order valence-corrected chi connectivity index (χ0v) is 17.2. The topological polar surface area (TPSA) is 50.2 Å². The first-order valence-electron chi connectivity index (χ1n) is 10.5. The average molecular weight is 430 g/mol. The molecule has 1 amide bonds. The number of aromatic nitrogens is 2. The standard InChI is InChI=1S/C23H25F3N4O/c24-23(25,26)22-28-19-6-2-3-7-20(19)30(22)16-21(31)27-14-17-8-10-18(11-9-17)15-29-12-4-1-5-13-29/h2-3,6-11H,1,4-5,12-16H2,(H,27,31). The van der Waals surface area contributed by atoms with E-state index in [1.54, 1.807) is 12.1 Å². The summed E-state index contributed by atoms with van der Waals surface area (Å²) < 4.78 is 41.0. The van der Waals surface area contributed by atoms with Gasteiger partial charge in [0.1, 0.15) is 6.54 Å². The lowest BCUT2D eigenvalue weighted by Crippen LogP contribution is -2.29. The fourth-order valence-electron chi connectivity index (χ4n) is 3.99. The molecule has 2 heterocycles. The van der Waals surface area contributed by atoms with Gasteiger partial charge in [-0.1, -0.05) is 42.8 Å². The molecule has 164 valence electrons. The number of nitrogens with zero attached hydrogens (tertiary/aromatic N) is 3. The highest BCUT2D eigenvalue weighted by molar-refractivity contribution is 5.81. The molecule has 8 heteroatoms. The number of hydrogen-bond donors (Lipinski definition) is 1. The summed E-state index contributed by atoms with van der Waals surface area (Å²) in [7, 11) is 0. The van der Waals surface area contributed by atoms with Crippen LogP contribution in [0.15, 0.2) is 48.5 Å². The van der Waals surface area contributed by atoms with Gasteiger partial charge in [-0.05, 0) is 49.2 Å². The Balaban J connectivity index is 1.37. The molecule has 1 N–H and O–H groups in total. The molecule has 4 rings (SSSR count). The van der Waals surface area contributed by atoms with Gasteiger partial charge in [-0.3, -0.25) is 9.69 Å². The summed E-state index contributed by atoms with van der Waals surface area (Å²) in [5.41, 5.74) is 2.62. The fraction of sp³-hybridized carbons (Fsp3) is 0.391. The van der Waals surface area contributed by atoms with Crippen molar-refractivity contribution in [2.45, 2.75) is 45.1 Å². The van der Waals surface area contributed by atoms with Crippen LogP contribution in [0.3, 0.4) is 0 Å². The second kappa shape index (κ2) is 9.09. The molecule has 2 aromatic carbocycles. The maximum atomic E-state index is 13.4. The Bertz CT molecular complexity index is 1040. The van der Waals surface area contributed by atoms with Crippen molar-refractivity contribution in [2.24, 2.45) is 0 Å². The normalized spacial score (nSPS) is 15.3. The third-order valence-electron chi connectivity index (χ3n) is 5.58. The van der Waals surface area contributed by atoms with Gasteiger partial charge >= 0.3 is 6.18 Å². The number of rotatable bonds is 6. The van der Waals surface area contributed by atoms with E-state index in [1.165, 1.54) is 37.0 Å². The van der Waals surface area contributed by atoms with Crippen LogP contribution in [0.5, 0.6) is 0 Å². The first-order valence-corrected chi connectivity index (χ1v) is 10.5. The molecular weight excluding hydrogens is 405 g/mol. The summed E-state index contributed by atoms with van der Waals surface area (Å²) in [6.45, 7) is 2.99. The Kier molecular flexibility index (Phi) is 6.27. The molecule has 1 aliphatic rings. The number of imidazole rings is 1. The van der Waals surface area contributed by atoms with Gasteiger partial charge in [0.25, 0.3) is 0 Å². The molecule has 1 fully saturated rings. The zero-order valence-electron chi connectivity index (χ0n) is 17.2. The van der Waals surface area contributed by atoms with Crippen molar-refractivity contribution in [3.8, 4) is 0 Å². The largest absolute Gasteiger partial charge is 0.449 e. The van der Waals surface area contributed by atoms with Crippen molar-refractivity contribution in [3.05, 3.63) is 65.5 Å². The highest BCUT2D eigenvalue weighted by Crippen LogP contribution is 2.31. The summed E-state index contributed by atoms with van der Waals surface area (Å²) in [4.78, 5) is 18.5. The summed E-state index contributed by atoms with van der Waals surface area (Å²) in [5, 5.41) is 2.72. The van der Waals surface area contributed by atoms with Crippen LogP contribution < -0.4 is 5.32 Å². The molecule has 0 unspecified atom stereocenters. The number of carbonyl (C=O) groups is 1. The van der Waals surface area contributed by atoms with E-state index in [0.717, 1.165) is 29.8 Å². The van der Waals surface area contributed by atoms with E-state index in [4.69, 9.17) is 0 Å². The number of alkyl halides is 3. The monoisotopic (exact) mass is 430 g/mol. The van der Waals surface area contributed by atoms with Gasteiger partial charge in [0.15, 0.2) is 0 Å². The summed E-state index contributed by atoms with van der Waals surface area (Å²) in [5.74, 6) is -1.56. The minimum absolute atomic E-state index is 0.215. The van der Waals surface area contributed by atoms with E-state index in [0.29, 0.717) is 0 Å². The molecule has 3 aromatic rings. The van der Waals surface area contributed by atoms with Gasteiger partial charge in [-0.25, -0.2) is 4.98 Å². The van der Waals surface area contributed by atoms with Crippen molar-refractivity contribution in [2.75, 3.05) is 13.1 Å². The summed E-state index contributed by atoms with van der Waals surface area (Å²) in [6.07, 6.45) is -0.851. The lowest BCUT2D eigenvalue weighted by Gasteiger charge is -2.26. The Morgan fingerprint density at radius 1 is 0.968 bits per heavy atom. The van der Waals surface area contributed by atoms with Crippen molar-refractivity contribution >= 4 is 16.9 Å². The molecule has 1 saturated heterocycles. The third kappa shape index (κ3) is 5.25. The second-order valence-corrected chi connectivity index (χ2v) is 7.94. The molecule has 0 saturated carbocycles. The number of benzene rings is 2. The van der Waals surface area contributed by atoms with E-state index in [2.05, 4.69) is 15.2 Å². The first kappa shape index (κ1) is 21.4. The van der Waals surface area contributed by atoms with Gasteiger partial charge in [-0.2, -0.15) is 13.2 Å². The molecule has 0 bridgehead atoms. The number of likely N-dealkylation sites (tertiary alicyclic amines) is 1. The number of piperidine rings is 1. The van der Waals surface area contributed by atoms with Crippen LogP contribution in [-0.4, -0.2) is 33.4 Å². The van der Waals surface area contributed by atoms with Crippen molar-refractivity contribution in [3.63, 3.8) is 0 Å². The molecule has 31 heavy (non-hydrogen) atoms. The van der Waals surface area contributed by atoms with Crippen LogP contribution in [0, 0.1) is 0 Å².